The molecule has 3 N–H and O–H groups in total. The molecule has 1 atom stereocenters. The van der Waals surface area contributed by atoms with Crippen LogP contribution in [0.2, 0.25) is 0 Å². The van der Waals surface area contributed by atoms with Gasteiger partial charge in [0.25, 0.3) is 0 Å². The number of hydrogen-bond donors (Lipinski definition) is 2. The molecule has 4 aromatic rings. The molecule has 3 aromatic carbocycles. The average molecular weight is 477 g/mol. The summed E-state index contributed by atoms with van der Waals surface area (Å²) in [6, 6.07) is 24.0. The third-order valence-corrected chi connectivity index (χ3v) is 7.54. The number of nitrogens with two attached hydrogens (primary N) is 1. The number of pyridine rings is 1. The Balaban J connectivity index is 1.15. The Morgan fingerprint density at radius 1 is 0.972 bits per heavy atom. The van der Waals surface area contributed by atoms with Gasteiger partial charge in [-0.2, -0.15) is 0 Å². The van der Waals surface area contributed by atoms with Gasteiger partial charge < -0.3 is 16.0 Å². The van der Waals surface area contributed by atoms with E-state index < -0.39 is 6.04 Å². The third kappa shape index (κ3) is 3.88. The van der Waals surface area contributed by atoms with Gasteiger partial charge in [0, 0.05) is 37.0 Å². The maximum absolute atomic E-state index is 13.5. The highest BCUT2D eigenvalue weighted by atomic mass is 16.2. The van der Waals surface area contributed by atoms with Gasteiger partial charge in [0.2, 0.25) is 11.8 Å². The molecule has 1 saturated heterocycles. The molecule has 6 rings (SSSR count). The first-order valence-electron chi connectivity index (χ1n) is 12.5. The Kier molecular flexibility index (Phi) is 5.64. The van der Waals surface area contributed by atoms with E-state index >= 15 is 0 Å². The van der Waals surface area contributed by atoms with Crippen LogP contribution in [0.4, 0.5) is 5.82 Å². The van der Waals surface area contributed by atoms with Gasteiger partial charge in [0.1, 0.15) is 11.9 Å². The number of hydrogen-bond acceptors (Lipinski definition) is 4. The summed E-state index contributed by atoms with van der Waals surface area (Å²) in [4.78, 5) is 32.6. The maximum Gasteiger partial charge on any atom is 0.243 e. The molecule has 6 heteroatoms. The number of aromatic nitrogens is 1. The number of benzene rings is 3. The second kappa shape index (κ2) is 9.11. The summed E-state index contributed by atoms with van der Waals surface area (Å²) in [6.45, 7) is 1.02. The molecule has 6 nitrogen and oxygen atoms in total. The lowest BCUT2D eigenvalue weighted by molar-refractivity contribution is -0.138. The average Bonchev–Trinajstić information content (AvgIpc) is 3.52. The van der Waals surface area contributed by atoms with Crippen LogP contribution in [0.25, 0.3) is 21.9 Å². The Morgan fingerprint density at radius 3 is 2.44 bits per heavy atom. The van der Waals surface area contributed by atoms with Crippen molar-refractivity contribution in [2.75, 3.05) is 12.3 Å². The molecule has 0 unspecified atom stereocenters. The summed E-state index contributed by atoms with van der Waals surface area (Å²) in [6.07, 6.45) is 3.58. The van der Waals surface area contributed by atoms with Gasteiger partial charge in [-0.15, -0.1) is 0 Å². The molecule has 1 aliphatic carbocycles. The largest absolute Gasteiger partial charge is 0.383 e. The van der Waals surface area contributed by atoms with Gasteiger partial charge in [0.05, 0.1) is 0 Å². The van der Waals surface area contributed by atoms with Crippen molar-refractivity contribution in [2.45, 2.75) is 37.8 Å². The predicted octanol–water partition coefficient (Wildman–Crippen LogP) is 4.63. The smallest absolute Gasteiger partial charge is 0.243 e. The SMILES string of the molecule is Nc1nccc2cc(CNC(=O)[C@@H]3CCCN3C(=O)CC3c4ccccc4-c4ccccc43)ccc12. The van der Waals surface area contributed by atoms with Crippen molar-refractivity contribution in [1.82, 2.24) is 15.2 Å². The first kappa shape index (κ1) is 22.3. The Labute approximate surface area is 210 Å². The molecule has 180 valence electrons. The molecule has 0 bridgehead atoms. The highest BCUT2D eigenvalue weighted by Gasteiger charge is 2.37. The van der Waals surface area contributed by atoms with Gasteiger partial charge in [-0.25, -0.2) is 4.98 Å². The number of nitrogens with zero attached hydrogens (tertiary/aromatic N) is 2. The van der Waals surface area contributed by atoms with Crippen LogP contribution in [-0.4, -0.2) is 34.3 Å². The number of carbonyl (C=O) groups is 2. The van der Waals surface area contributed by atoms with Crippen LogP contribution >= 0.6 is 0 Å². The maximum atomic E-state index is 13.5. The molecule has 1 fully saturated rings. The molecule has 2 amide bonds. The monoisotopic (exact) mass is 476 g/mol. The Hall–Kier alpha value is -4.19. The Bertz CT molecular complexity index is 1440. The number of fused-ring (bicyclic) bond motifs is 4. The van der Waals surface area contributed by atoms with E-state index in [0.717, 1.165) is 22.8 Å². The van der Waals surface area contributed by atoms with Gasteiger partial charge in [-0.3, -0.25) is 9.59 Å². The fourth-order valence-electron chi connectivity index (χ4n) is 5.78. The van der Waals surface area contributed by atoms with Crippen LogP contribution in [0.1, 0.15) is 41.9 Å². The van der Waals surface area contributed by atoms with Crippen molar-refractivity contribution in [2.24, 2.45) is 0 Å². The van der Waals surface area contributed by atoms with Crippen molar-refractivity contribution in [3.63, 3.8) is 0 Å². The van der Waals surface area contributed by atoms with Crippen LogP contribution in [0.5, 0.6) is 0 Å². The van der Waals surface area contributed by atoms with Crippen molar-refractivity contribution < 1.29 is 9.59 Å². The van der Waals surface area contributed by atoms with E-state index in [2.05, 4.69) is 34.6 Å². The topological polar surface area (TPSA) is 88.3 Å². The van der Waals surface area contributed by atoms with Crippen LogP contribution in [0.3, 0.4) is 0 Å². The quantitative estimate of drug-likeness (QED) is 0.440. The zero-order valence-corrected chi connectivity index (χ0v) is 20.0. The van der Waals surface area contributed by atoms with E-state index in [9.17, 15) is 9.59 Å². The second-order valence-corrected chi connectivity index (χ2v) is 9.65. The highest BCUT2D eigenvalue weighted by Crippen LogP contribution is 2.46. The van der Waals surface area contributed by atoms with Crippen molar-refractivity contribution >= 4 is 28.4 Å². The summed E-state index contributed by atoms with van der Waals surface area (Å²) in [7, 11) is 0. The number of nitrogens with one attached hydrogen (secondary N) is 1. The lowest BCUT2D eigenvalue weighted by Crippen LogP contribution is -2.46. The van der Waals surface area contributed by atoms with Crippen LogP contribution < -0.4 is 11.1 Å². The molecule has 1 aromatic heterocycles. The highest BCUT2D eigenvalue weighted by molar-refractivity contribution is 5.92. The summed E-state index contributed by atoms with van der Waals surface area (Å²) < 4.78 is 0. The van der Waals surface area contributed by atoms with Crippen LogP contribution in [-0.2, 0) is 16.1 Å². The van der Waals surface area contributed by atoms with E-state index in [1.54, 1.807) is 11.1 Å². The third-order valence-electron chi connectivity index (χ3n) is 7.54. The van der Waals surface area contributed by atoms with E-state index in [0.29, 0.717) is 31.7 Å². The minimum Gasteiger partial charge on any atom is -0.383 e. The summed E-state index contributed by atoms with van der Waals surface area (Å²) in [5, 5.41) is 4.94. The number of carbonyl (C=O) groups excluding carboxylic acids is 2. The summed E-state index contributed by atoms with van der Waals surface area (Å²) in [5.41, 5.74) is 11.7. The minimum atomic E-state index is -0.426. The van der Waals surface area contributed by atoms with E-state index in [1.807, 2.05) is 48.5 Å². The summed E-state index contributed by atoms with van der Waals surface area (Å²) >= 11 is 0. The van der Waals surface area contributed by atoms with Crippen molar-refractivity contribution in [1.29, 1.82) is 0 Å². The Morgan fingerprint density at radius 2 is 1.69 bits per heavy atom. The molecule has 0 radical (unpaired) electrons. The molecule has 2 heterocycles. The fourth-order valence-corrected chi connectivity index (χ4v) is 5.78. The molecule has 0 saturated carbocycles. The number of amides is 2. The van der Waals surface area contributed by atoms with Gasteiger partial charge in [-0.05, 0) is 58.2 Å². The normalized spacial score (nSPS) is 16.7. The summed E-state index contributed by atoms with van der Waals surface area (Å²) in [5.74, 6) is 0.463. The van der Waals surface area contributed by atoms with Crippen LogP contribution in [0, 0.1) is 0 Å². The minimum absolute atomic E-state index is 0.0220. The van der Waals surface area contributed by atoms with Crippen molar-refractivity contribution in [3.8, 4) is 11.1 Å². The van der Waals surface area contributed by atoms with Crippen LogP contribution in [0.15, 0.2) is 79.0 Å². The van der Waals surface area contributed by atoms with Gasteiger partial charge in [-0.1, -0.05) is 60.7 Å². The second-order valence-electron chi connectivity index (χ2n) is 9.65. The number of rotatable bonds is 5. The number of likely N-dealkylation sites (tertiary alicyclic amines) is 1. The lowest BCUT2D eigenvalue weighted by atomic mass is 9.93. The molecular weight excluding hydrogens is 448 g/mol. The zero-order valence-electron chi connectivity index (χ0n) is 20.0. The molecule has 1 aliphatic heterocycles. The van der Waals surface area contributed by atoms with E-state index in [4.69, 9.17) is 5.73 Å². The lowest BCUT2D eigenvalue weighted by Gasteiger charge is -2.26. The number of nitrogen functional groups attached to an aromatic ring is 1. The van der Waals surface area contributed by atoms with Crippen molar-refractivity contribution in [3.05, 3.63) is 95.7 Å². The molecule has 0 spiro atoms. The fraction of sp³-hybridized carbons (Fsp3) is 0.233. The zero-order chi connectivity index (χ0) is 24.6. The first-order chi connectivity index (χ1) is 17.6. The first-order valence-corrected chi connectivity index (χ1v) is 12.5. The van der Waals surface area contributed by atoms with E-state index in [-0.39, 0.29) is 17.7 Å². The van der Waals surface area contributed by atoms with Gasteiger partial charge in [0.15, 0.2) is 0 Å². The predicted molar refractivity (Wildman–Crippen MR) is 141 cm³/mol. The standard InChI is InChI=1S/C30H28N4O2/c31-29-21-12-11-19(16-20(21)13-14-32-29)18-33-30(36)27-10-5-15-34(27)28(35)17-26-24-8-3-1-6-22(24)23-7-2-4-9-25(23)26/h1-4,6-9,11-14,16,26-27H,5,10,15,17-18H2,(H2,31,32)(H,33,36)/t27-/m0/s1. The van der Waals surface area contributed by atoms with Gasteiger partial charge >= 0.3 is 0 Å². The molecule has 36 heavy (non-hydrogen) atoms. The molecule has 2 aliphatic rings. The number of anilines is 1. The van der Waals surface area contributed by atoms with E-state index in [1.165, 1.54) is 22.3 Å². The molecular formula is C30H28N4O2.